The molecule has 0 unspecified atom stereocenters. The third kappa shape index (κ3) is 2.40. The molecule has 1 fully saturated rings. The van der Waals surface area contributed by atoms with Gasteiger partial charge in [0.25, 0.3) is 5.91 Å². The molecule has 1 amide bonds. The second-order valence-corrected chi connectivity index (χ2v) is 5.96. The lowest BCUT2D eigenvalue weighted by atomic mass is 9.85. The molecule has 0 atom stereocenters. The number of carbonyl (C=O) groups is 1. The van der Waals surface area contributed by atoms with E-state index in [1.54, 1.807) is 19.2 Å². The molecule has 3 aromatic rings. The molecule has 0 saturated heterocycles. The number of aromatic nitrogens is 3. The molecule has 24 heavy (non-hydrogen) atoms. The monoisotopic (exact) mass is 322 g/mol. The topological polar surface area (TPSA) is 68.5 Å². The number of nitrogens with one attached hydrogen (secondary N) is 1. The highest BCUT2D eigenvalue weighted by Gasteiger charge is 2.25. The van der Waals surface area contributed by atoms with Gasteiger partial charge in [0, 0.05) is 12.1 Å². The SMILES string of the molecule is COc1ccccc1C(=O)Nc1cccn2c(C3CCC3)nnc12. The Labute approximate surface area is 139 Å². The number of methoxy groups -OCH3 is 1. The summed E-state index contributed by atoms with van der Waals surface area (Å²) in [6.45, 7) is 0. The van der Waals surface area contributed by atoms with Crippen LogP contribution in [0.3, 0.4) is 0 Å². The first-order valence-corrected chi connectivity index (χ1v) is 8.06. The highest BCUT2D eigenvalue weighted by atomic mass is 16.5. The fourth-order valence-electron chi connectivity index (χ4n) is 3.00. The molecule has 0 aliphatic heterocycles. The third-order valence-corrected chi connectivity index (χ3v) is 4.53. The van der Waals surface area contributed by atoms with Crippen molar-refractivity contribution in [2.24, 2.45) is 0 Å². The Bertz CT molecular complexity index is 899. The van der Waals surface area contributed by atoms with E-state index in [0.717, 1.165) is 18.7 Å². The summed E-state index contributed by atoms with van der Waals surface area (Å²) in [6.07, 6.45) is 5.49. The molecule has 1 aromatic carbocycles. The fourth-order valence-corrected chi connectivity index (χ4v) is 3.00. The van der Waals surface area contributed by atoms with Gasteiger partial charge in [-0.2, -0.15) is 0 Å². The van der Waals surface area contributed by atoms with Crippen molar-refractivity contribution in [2.75, 3.05) is 12.4 Å². The van der Waals surface area contributed by atoms with Gasteiger partial charge in [0.15, 0.2) is 5.65 Å². The number of pyridine rings is 1. The molecule has 0 spiro atoms. The van der Waals surface area contributed by atoms with Crippen LogP contribution in [0.1, 0.15) is 41.4 Å². The summed E-state index contributed by atoms with van der Waals surface area (Å²) in [5, 5.41) is 11.5. The zero-order valence-electron chi connectivity index (χ0n) is 13.4. The second kappa shape index (κ2) is 5.96. The normalized spacial score (nSPS) is 14.4. The van der Waals surface area contributed by atoms with Crippen molar-refractivity contribution in [1.29, 1.82) is 0 Å². The lowest BCUT2D eigenvalue weighted by molar-refractivity contribution is 0.102. The summed E-state index contributed by atoms with van der Waals surface area (Å²) in [5.41, 5.74) is 1.80. The van der Waals surface area contributed by atoms with Crippen molar-refractivity contribution in [3.8, 4) is 5.75 Å². The van der Waals surface area contributed by atoms with E-state index in [1.165, 1.54) is 6.42 Å². The Kier molecular flexibility index (Phi) is 3.65. The molecule has 1 N–H and O–H groups in total. The maximum Gasteiger partial charge on any atom is 0.259 e. The number of fused-ring (bicyclic) bond motifs is 1. The van der Waals surface area contributed by atoms with Gasteiger partial charge in [-0.15, -0.1) is 10.2 Å². The molecule has 0 radical (unpaired) electrons. The minimum atomic E-state index is -0.228. The van der Waals surface area contributed by atoms with E-state index in [0.29, 0.717) is 28.6 Å². The smallest absolute Gasteiger partial charge is 0.259 e. The molecule has 6 nitrogen and oxygen atoms in total. The van der Waals surface area contributed by atoms with Gasteiger partial charge in [0.05, 0.1) is 18.4 Å². The highest BCUT2D eigenvalue weighted by Crippen LogP contribution is 2.35. The summed E-state index contributed by atoms with van der Waals surface area (Å²) in [5.74, 6) is 1.76. The van der Waals surface area contributed by atoms with Gasteiger partial charge in [0.1, 0.15) is 11.6 Å². The third-order valence-electron chi connectivity index (χ3n) is 4.53. The first-order valence-electron chi connectivity index (χ1n) is 8.06. The largest absolute Gasteiger partial charge is 0.496 e. The lowest BCUT2D eigenvalue weighted by Gasteiger charge is -2.23. The molecule has 1 aliphatic rings. The van der Waals surface area contributed by atoms with E-state index >= 15 is 0 Å². The van der Waals surface area contributed by atoms with Crippen molar-refractivity contribution in [3.63, 3.8) is 0 Å². The number of ether oxygens (including phenoxy) is 1. The predicted octanol–water partition coefficient (Wildman–Crippen LogP) is 3.26. The first-order chi connectivity index (χ1) is 11.8. The number of anilines is 1. The van der Waals surface area contributed by atoms with E-state index in [2.05, 4.69) is 15.5 Å². The van der Waals surface area contributed by atoms with Crippen molar-refractivity contribution in [2.45, 2.75) is 25.2 Å². The number of nitrogens with zero attached hydrogens (tertiary/aromatic N) is 3. The van der Waals surface area contributed by atoms with Crippen LogP contribution in [0, 0.1) is 0 Å². The van der Waals surface area contributed by atoms with Gasteiger partial charge >= 0.3 is 0 Å². The van der Waals surface area contributed by atoms with Gasteiger partial charge in [-0.25, -0.2) is 0 Å². The molecule has 1 aliphatic carbocycles. The van der Waals surface area contributed by atoms with Crippen LogP contribution in [0.25, 0.3) is 5.65 Å². The predicted molar refractivity (Wildman–Crippen MR) is 90.5 cm³/mol. The Morgan fingerprint density at radius 3 is 2.79 bits per heavy atom. The van der Waals surface area contributed by atoms with Gasteiger partial charge in [-0.3, -0.25) is 9.20 Å². The number of para-hydroxylation sites is 1. The van der Waals surface area contributed by atoms with Crippen LogP contribution < -0.4 is 10.1 Å². The average Bonchev–Trinajstić information content (AvgIpc) is 2.98. The molecule has 4 rings (SSSR count). The Morgan fingerprint density at radius 2 is 2.04 bits per heavy atom. The van der Waals surface area contributed by atoms with Crippen LogP contribution in [0.5, 0.6) is 5.75 Å². The quantitative estimate of drug-likeness (QED) is 0.800. The molecule has 2 heterocycles. The van der Waals surface area contributed by atoms with Crippen LogP contribution in [0.2, 0.25) is 0 Å². The fraction of sp³-hybridized carbons (Fsp3) is 0.278. The molecule has 6 heteroatoms. The van der Waals surface area contributed by atoms with Crippen LogP contribution in [-0.2, 0) is 0 Å². The minimum absolute atomic E-state index is 0.228. The first kappa shape index (κ1) is 14.7. The lowest BCUT2D eigenvalue weighted by Crippen LogP contribution is -2.15. The number of benzene rings is 1. The molecule has 1 saturated carbocycles. The molecule has 122 valence electrons. The molecular weight excluding hydrogens is 304 g/mol. The van der Waals surface area contributed by atoms with Crippen LogP contribution in [0.15, 0.2) is 42.6 Å². The van der Waals surface area contributed by atoms with Crippen LogP contribution in [0.4, 0.5) is 5.69 Å². The highest BCUT2D eigenvalue weighted by molar-refractivity contribution is 6.07. The van der Waals surface area contributed by atoms with Gasteiger partial charge < -0.3 is 10.1 Å². The van der Waals surface area contributed by atoms with E-state index in [1.807, 2.05) is 34.9 Å². The Hall–Kier alpha value is -2.89. The summed E-state index contributed by atoms with van der Waals surface area (Å²) >= 11 is 0. The van der Waals surface area contributed by atoms with Crippen molar-refractivity contribution in [3.05, 3.63) is 54.0 Å². The zero-order chi connectivity index (χ0) is 16.5. The van der Waals surface area contributed by atoms with E-state index < -0.39 is 0 Å². The second-order valence-electron chi connectivity index (χ2n) is 5.96. The average molecular weight is 322 g/mol. The van der Waals surface area contributed by atoms with Crippen molar-refractivity contribution in [1.82, 2.24) is 14.6 Å². The van der Waals surface area contributed by atoms with E-state index in [-0.39, 0.29) is 5.91 Å². The van der Waals surface area contributed by atoms with Crippen LogP contribution in [-0.4, -0.2) is 27.6 Å². The van der Waals surface area contributed by atoms with Gasteiger partial charge in [-0.1, -0.05) is 18.6 Å². The number of rotatable bonds is 4. The number of amides is 1. The Morgan fingerprint density at radius 1 is 1.21 bits per heavy atom. The van der Waals surface area contributed by atoms with Crippen molar-refractivity contribution < 1.29 is 9.53 Å². The van der Waals surface area contributed by atoms with E-state index in [4.69, 9.17) is 4.74 Å². The van der Waals surface area contributed by atoms with Gasteiger partial charge in [0.2, 0.25) is 0 Å². The number of hydrogen-bond acceptors (Lipinski definition) is 4. The summed E-state index contributed by atoms with van der Waals surface area (Å²) in [4.78, 5) is 12.6. The molecule has 0 bridgehead atoms. The standard InChI is InChI=1S/C18H18N4O2/c1-24-15-10-3-2-8-13(15)18(23)19-14-9-5-11-22-16(12-6-4-7-12)20-21-17(14)22/h2-3,5,8-12H,4,6-7H2,1H3,(H,19,23). The molecular formula is C18H18N4O2. The molecule has 2 aromatic heterocycles. The summed E-state index contributed by atoms with van der Waals surface area (Å²) in [6, 6.07) is 10.9. The minimum Gasteiger partial charge on any atom is -0.496 e. The zero-order valence-corrected chi connectivity index (χ0v) is 13.4. The number of hydrogen-bond donors (Lipinski definition) is 1. The maximum atomic E-state index is 12.6. The van der Waals surface area contributed by atoms with Gasteiger partial charge in [-0.05, 0) is 37.1 Å². The summed E-state index contributed by atoms with van der Waals surface area (Å²) < 4.78 is 7.23. The van der Waals surface area contributed by atoms with Crippen LogP contribution >= 0.6 is 0 Å². The van der Waals surface area contributed by atoms with E-state index in [9.17, 15) is 4.79 Å². The summed E-state index contributed by atoms with van der Waals surface area (Å²) in [7, 11) is 1.55. The number of carbonyl (C=O) groups excluding carboxylic acids is 1. The Balaban J connectivity index is 1.67. The maximum absolute atomic E-state index is 12.6. The van der Waals surface area contributed by atoms with Crippen molar-refractivity contribution >= 4 is 17.2 Å².